The molecule has 9 nitrogen and oxygen atoms in total. The maximum Gasteiger partial charge on any atom is 0.407 e. The summed E-state index contributed by atoms with van der Waals surface area (Å²) < 4.78 is 9.94. The standard InChI is InChI=1S/C26H44N4O5/c1-19(2)24(29-26(33)35-15-14-34-3)25(32)28-22(16-20-10-6-4-7-11-20)23(31)18-30(27)17-21-12-8-5-9-13-21/h4,6-7,10-11,19,21-24,31H,5,8-9,12-18,27H2,1-3H3,(H,28,32)(H,29,33)/t22-,23-,24-/m0/s1. The minimum atomic E-state index is -0.880. The van der Waals surface area contributed by atoms with Crippen LogP contribution in [0.15, 0.2) is 30.3 Å². The van der Waals surface area contributed by atoms with E-state index in [0.717, 1.165) is 24.9 Å². The molecule has 0 heterocycles. The minimum Gasteiger partial charge on any atom is -0.447 e. The summed E-state index contributed by atoms with van der Waals surface area (Å²) in [5.41, 5.74) is 0.987. The molecular formula is C26H44N4O5. The number of aliphatic hydroxyl groups excluding tert-OH is 1. The number of nitrogens with zero attached hydrogens (tertiary/aromatic N) is 1. The monoisotopic (exact) mass is 492 g/mol. The van der Waals surface area contributed by atoms with Crippen molar-refractivity contribution in [1.29, 1.82) is 0 Å². The van der Waals surface area contributed by atoms with Gasteiger partial charge in [0.15, 0.2) is 0 Å². The van der Waals surface area contributed by atoms with Crippen LogP contribution in [-0.4, -0.2) is 73.7 Å². The summed E-state index contributed by atoms with van der Waals surface area (Å²) in [5.74, 6) is 6.26. The summed E-state index contributed by atoms with van der Waals surface area (Å²) in [6, 6.07) is 8.30. The Labute approximate surface area is 209 Å². The van der Waals surface area contributed by atoms with E-state index in [-0.39, 0.29) is 31.6 Å². The number of nitrogens with two attached hydrogens (primary N) is 1. The van der Waals surface area contributed by atoms with Crippen molar-refractivity contribution in [3.63, 3.8) is 0 Å². The molecule has 35 heavy (non-hydrogen) atoms. The first-order chi connectivity index (χ1) is 16.8. The second kappa shape index (κ2) is 15.7. The van der Waals surface area contributed by atoms with E-state index in [0.29, 0.717) is 12.3 Å². The zero-order valence-corrected chi connectivity index (χ0v) is 21.4. The Morgan fingerprint density at radius 1 is 1.11 bits per heavy atom. The number of nitrogens with one attached hydrogen (secondary N) is 2. The first-order valence-electron chi connectivity index (χ1n) is 12.7. The molecule has 1 aromatic rings. The van der Waals surface area contributed by atoms with Gasteiger partial charge in [0.1, 0.15) is 12.6 Å². The van der Waals surface area contributed by atoms with Crippen LogP contribution in [0, 0.1) is 11.8 Å². The van der Waals surface area contributed by atoms with Crippen molar-refractivity contribution in [1.82, 2.24) is 15.6 Å². The van der Waals surface area contributed by atoms with Crippen molar-refractivity contribution in [2.75, 3.05) is 33.4 Å². The average molecular weight is 493 g/mol. The van der Waals surface area contributed by atoms with Crippen LogP contribution < -0.4 is 16.5 Å². The van der Waals surface area contributed by atoms with Crippen LogP contribution in [-0.2, 0) is 20.7 Å². The van der Waals surface area contributed by atoms with Gasteiger partial charge in [-0.25, -0.2) is 9.80 Å². The summed E-state index contributed by atoms with van der Waals surface area (Å²) in [7, 11) is 1.52. The smallest absolute Gasteiger partial charge is 0.407 e. The fourth-order valence-electron chi connectivity index (χ4n) is 4.49. The van der Waals surface area contributed by atoms with Gasteiger partial charge in [-0.2, -0.15) is 0 Å². The van der Waals surface area contributed by atoms with E-state index in [4.69, 9.17) is 15.3 Å². The molecule has 0 spiro atoms. The molecule has 0 aliphatic heterocycles. The van der Waals surface area contributed by atoms with Gasteiger partial charge in [0.05, 0.1) is 18.8 Å². The lowest BCUT2D eigenvalue weighted by Crippen LogP contribution is -2.57. The predicted octanol–water partition coefficient (Wildman–Crippen LogP) is 2.23. The van der Waals surface area contributed by atoms with Gasteiger partial charge in [-0.3, -0.25) is 10.6 Å². The van der Waals surface area contributed by atoms with Gasteiger partial charge >= 0.3 is 6.09 Å². The van der Waals surface area contributed by atoms with Crippen LogP contribution in [0.5, 0.6) is 0 Å². The van der Waals surface area contributed by atoms with Crippen LogP contribution >= 0.6 is 0 Å². The number of hydrogen-bond donors (Lipinski definition) is 4. The topological polar surface area (TPSA) is 126 Å². The minimum absolute atomic E-state index is 0.0947. The van der Waals surface area contributed by atoms with Crippen molar-refractivity contribution in [2.24, 2.45) is 17.7 Å². The number of carbonyl (C=O) groups is 2. The molecule has 0 saturated heterocycles. The Morgan fingerprint density at radius 3 is 2.43 bits per heavy atom. The summed E-state index contributed by atoms with van der Waals surface area (Å²) >= 11 is 0. The van der Waals surface area contributed by atoms with Gasteiger partial charge in [-0.05, 0) is 36.7 Å². The van der Waals surface area contributed by atoms with Crippen LogP contribution in [0.3, 0.4) is 0 Å². The Bertz CT molecular complexity index is 743. The van der Waals surface area contributed by atoms with E-state index in [1.165, 1.54) is 26.4 Å². The van der Waals surface area contributed by atoms with Gasteiger partial charge in [0.2, 0.25) is 5.91 Å². The highest BCUT2D eigenvalue weighted by atomic mass is 16.6. The molecule has 2 amide bonds. The lowest BCUT2D eigenvalue weighted by atomic mass is 9.89. The lowest BCUT2D eigenvalue weighted by Gasteiger charge is -2.32. The Morgan fingerprint density at radius 2 is 1.80 bits per heavy atom. The number of alkyl carbamates (subject to hydrolysis) is 1. The van der Waals surface area contributed by atoms with Crippen molar-refractivity contribution in [2.45, 2.75) is 70.6 Å². The van der Waals surface area contributed by atoms with Crippen molar-refractivity contribution >= 4 is 12.0 Å². The summed E-state index contributed by atoms with van der Waals surface area (Å²) in [6.45, 7) is 5.02. The average Bonchev–Trinajstić information content (AvgIpc) is 2.83. The first kappa shape index (κ1) is 29.0. The zero-order chi connectivity index (χ0) is 25.6. The van der Waals surface area contributed by atoms with Gasteiger partial charge in [0.25, 0.3) is 0 Å². The number of rotatable bonds is 14. The number of hydrogen-bond acceptors (Lipinski definition) is 7. The fraction of sp³-hybridized carbons (Fsp3) is 0.692. The van der Waals surface area contributed by atoms with Crippen molar-refractivity contribution in [3.05, 3.63) is 35.9 Å². The molecule has 1 aromatic carbocycles. The largest absolute Gasteiger partial charge is 0.447 e. The SMILES string of the molecule is COCCOC(=O)N[C@H](C(=O)N[C@@H](Cc1ccccc1)[C@@H](O)CN(N)CC1CCCCC1)C(C)C. The first-order valence-corrected chi connectivity index (χ1v) is 12.7. The normalized spacial score (nSPS) is 17.1. The molecule has 1 saturated carbocycles. The molecule has 1 aliphatic rings. The third kappa shape index (κ3) is 10.9. The molecule has 0 radical (unpaired) electrons. The second-order valence-electron chi connectivity index (χ2n) is 9.82. The molecule has 0 bridgehead atoms. The maximum atomic E-state index is 13.2. The molecule has 198 valence electrons. The number of amides is 2. The van der Waals surface area contributed by atoms with E-state index < -0.39 is 24.3 Å². The zero-order valence-electron chi connectivity index (χ0n) is 21.4. The van der Waals surface area contributed by atoms with E-state index >= 15 is 0 Å². The molecule has 1 fully saturated rings. The second-order valence-corrected chi connectivity index (χ2v) is 9.82. The maximum absolute atomic E-state index is 13.2. The van der Waals surface area contributed by atoms with Gasteiger partial charge in [0, 0.05) is 20.2 Å². The third-order valence-electron chi connectivity index (χ3n) is 6.47. The number of hydrazine groups is 1. The number of aliphatic hydroxyl groups is 1. The van der Waals surface area contributed by atoms with Crippen LogP contribution in [0.2, 0.25) is 0 Å². The van der Waals surface area contributed by atoms with Crippen molar-refractivity contribution < 1.29 is 24.2 Å². The van der Waals surface area contributed by atoms with E-state index in [1.807, 2.05) is 44.2 Å². The van der Waals surface area contributed by atoms with Gasteiger partial charge < -0.3 is 25.2 Å². The predicted molar refractivity (Wildman–Crippen MR) is 135 cm³/mol. The van der Waals surface area contributed by atoms with Crippen LogP contribution in [0.1, 0.15) is 51.5 Å². The molecule has 5 N–H and O–H groups in total. The van der Waals surface area contributed by atoms with E-state index in [9.17, 15) is 14.7 Å². The number of carbonyl (C=O) groups excluding carboxylic acids is 2. The molecule has 1 aliphatic carbocycles. The van der Waals surface area contributed by atoms with E-state index in [2.05, 4.69) is 10.6 Å². The molecule has 2 rings (SSSR count). The van der Waals surface area contributed by atoms with Crippen LogP contribution in [0.4, 0.5) is 4.79 Å². The molecule has 0 aromatic heterocycles. The van der Waals surface area contributed by atoms with Crippen molar-refractivity contribution in [3.8, 4) is 0 Å². The number of benzene rings is 1. The molecule has 9 heteroatoms. The summed E-state index contributed by atoms with van der Waals surface area (Å²) in [4.78, 5) is 25.3. The van der Waals surface area contributed by atoms with E-state index in [1.54, 1.807) is 5.01 Å². The van der Waals surface area contributed by atoms with Crippen LogP contribution in [0.25, 0.3) is 0 Å². The molecule has 0 unspecified atom stereocenters. The summed E-state index contributed by atoms with van der Waals surface area (Å²) in [5, 5.41) is 18.4. The fourth-order valence-corrected chi connectivity index (χ4v) is 4.49. The molecule has 3 atom stereocenters. The Hall–Kier alpha value is -2.20. The van der Waals surface area contributed by atoms with Gasteiger partial charge in [-0.15, -0.1) is 0 Å². The highest BCUT2D eigenvalue weighted by Crippen LogP contribution is 2.24. The number of ether oxygens (including phenoxy) is 2. The third-order valence-corrected chi connectivity index (χ3v) is 6.47. The summed E-state index contributed by atoms with van der Waals surface area (Å²) in [6.07, 6.45) is 4.93. The Kier molecular flexibility index (Phi) is 13.0. The number of methoxy groups -OCH3 is 1. The highest BCUT2D eigenvalue weighted by molar-refractivity contribution is 5.86. The lowest BCUT2D eigenvalue weighted by molar-refractivity contribution is -0.125. The Balaban J connectivity index is 2.03. The van der Waals surface area contributed by atoms with Gasteiger partial charge in [-0.1, -0.05) is 63.4 Å². The highest BCUT2D eigenvalue weighted by Gasteiger charge is 2.30. The quantitative estimate of drug-likeness (QED) is 0.178. The molecular weight excluding hydrogens is 448 g/mol.